The fraction of sp³-hybridized carbons (Fsp3) is 0.150. The third kappa shape index (κ3) is 3.22. The molecule has 1 amide bonds. The van der Waals surface area contributed by atoms with Crippen LogP contribution in [0.4, 0.5) is 0 Å². The molecule has 3 aromatic rings. The lowest BCUT2D eigenvalue weighted by Gasteiger charge is -2.26. The van der Waals surface area contributed by atoms with E-state index in [1.54, 1.807) is 36.4 Å². The van der Waals surface area contributed by atoms with E-state index in [1.807, 2.05) is 6.07 Å². The van der Waals surface area contributed by atoms with Crippen molar-refractivity contribution in [2.75, 3.05) is 6.54 Å². The minimum absolute atomic E-state index is 0.00416. The Morgan fingerprint density at radius 3 is 2.57 bits per heavy atom. The molecule has 1 heterocycles. The Hall–Kier alpha value is -2.61. The summed E-state index contributed by atoms with van der Waals surface area (Å²) in [4.78, 5) is 11.9. The van der Waals surface area contributed by atoms with Crippen molar-refractivity contribution < 1.29 is 17.4 Å². The average molecular weight is 417 g/mol. The monoisotopic (exact) mass is 416 g/mol. The molecule has 144 valence electrons. The predicted molar refractivity (Wildman–Crippen MR) is 107 cm³/mol. The molecule has 3 aromatic carbocycles. The summed E-state index contributed by atoms with van der Waals surface area (Å²) < 4.78 is 31.7. The van der Waals surface area contributed by atoms with E-state index in [2.05, 4.69) is 5.32 Å². The molecule has 0 aromatic heterocycles. The fourth-order valence-electron chi connectivity index (χ4n) is 3.53. The molecule has 0 spiro atoms. The number of primary amides is 1. The summed E-state index contributed by atoms with van der Waals surface area (Å²) >= 11 is 6.19. The van der Waals surface area contributed by atoms with Crippen molar-refractivity contribution in [3.8, 4) is 5.75 Å². The van der Waals surface area contributed by atoms with Crippen LogP contribution in [-0.4, -0.2) is 20.9 Å². The molecule has 1 unspecified atom stereocenters. The van der Waals surface area contributed by atoms with E-state index in [1.165, 1.54) is 12.1 Å². The SMILES string of the molecule is NC(=O)C1NCCc2cccc(OS(=O)(=O)c3cccc4c(Cl)cccc34)c21. The molecular weight excluding hydrogens is 400 g/mol. The Bertz CT molecular complexity index is 1190. The lowest BCUT2D eigenvalue weighted by molar-refractivity contribution is -0.120. The van der Waals surface area contributed by atoms with Crippen LogP contribution in [0, 0.1) is 0 Å². The predicted octanol–water partition coefficient (Wildman–Crippen LogP) is 2.93. The summed E-state index contributed by atoms with van der Waals surface area (Å²) in [5.74, 6) is -0.501. The standard InChI is InChI=1S/C20H17ClN2O4S/c21-15-7-2-6-14-13(15)5-3-9-17(14)28(25,26)27-16-8-1-4-12-10-11-23-19(18(12)16)20(22)24/h1-9,19,23H,10-11H2,(H2,22,24). The zero-order valence-electron chi connectivity index (χ0n) is 14.7. The maximum atomic E-state index is 13.1. The summed E-state index contributed by atoms with van der Waals surface area (Å²) in [5.41, 5.74) is 6.79. The Labute approximate surface area is 167 Å². The van der Waals surface area contributed by atoms with Gasteiger partial charge >= 0.3 is 10.1 Å². The van der Waals surface area contributed by atoms with Crippen LogP contribution in [0.2, 0.25) is 5.02 Å². The van der Waals surface area contributed by atoms with Crippen molar-refractivity contribution in [1.29, 1.82) is 0 Å². The topological polar surface area (TPSA) is 98.5 Å². The number of nitrogens with two attached hydrogens (primary N) is 1. The van der Waals surface area contributed by atoms with Gasteiger partial charge in [0.15, 0.2) is 0 Å². The zero-order valence-corrected chi connectivity index (χ0v) is 16.3. The van der Waals surface area contributed by atoms with Gasteiger partial charge in [-0.1, -0.05) is 48.0 Å². The smallest absolute Gasteiger partial charge is 0.339 e. The third-order valence-electron chi connectivity index (χ3n) is 4.77. The van der Waals surface area contributed by atoms with Gasteiger partial charge < -0.3 is 15.2 Å². The first-order valence-corrected chi connectivity index (χ1v) is 10.4. The second-order valence-corrected chi connectivity index (χ2v) is 8.42. The van der Waals surface area contributed by atoms with Gasteiger partial charge in [0.05, 0.1) is 0 Å². The van der Waals surface area contributed by atoms with E-state index in [4.69, 9.17) is 21.5 Å². The van der Waals surface area contributed by atoms with Crippen LogP contribution in [0.25, 0.3) is 10.8 Å². The maximum absolute atomic E-state index is 13.1. The second kappa shape index (κ2) is 7.09. The van der Waals surface area contributed by atoms with Crippen LogP contribution in [0.15, 0.2) is 59.5 Å². The van der Waals surface area contributed by atoms with Gasteiger partial charge in [-0.05, 0) is 30.2 Å². The summed E-state index contributed by atoms with van der Waals surface area (Å²) in [6.45, 7) is 0.568. The van der Waals surface area contributed by atoms with Crippen LogP contribution in [0.3, 0.4) is 0 Å². The van der Waals surface area contributed by atoms with Gasteiger partial charge in [-0.25, -0.2) is 0 Å². The van der Waals surface area contributed by atoms with Crippen molar-refractivity contribution in [2.24, 2.45) is 5.73 Å². The van der Waals surface area contributed by atoms with Gasteiger partial charge in [-0.3, -0.25) is 4.79 Å². The molecule has 8 heteroatoms. The van der Waals surface area contributed by atoms with Gasteiger partial charge in [-0.2, -0.15) is 8.42 Å². The van der Waals surface area contributed by atoms with Crippen molar-refractivity contribution in [1.82, 2.24) is 5.32 Å². The van der Waals surface area contributed by atoms with Crippen LogP contribution in [-0.2, 0) is 21.3 Å². The lowest BCUT2D eigenvalue weighted by Crippen LogP contribution is -2.39. The molecule has 0 radical (unpaired) electrons. The zero-order chi connectivity index (χ0) is 19.9. The quantitative estimate of drug-likeness (QED) is 0.637. The number of halogens is 1. The second-order valence-electron chi connectivity index (χ2n) is 6.50. The fourth-order valence-corrected chi connectivity index (χ4v) is 4.93. The summed E-state index contributed by atoms with van der Waals surface area (Å²) in [5, 5.41) is 4.53. The lowest BCUT2D eigenvalue weighted by atomic mass is 9.93. The molecule has 3 N–H and O–H groups in total. The minimum Gasteiger partial charge on any atom is -0.379 e. The first-order valence-electron chi connectivity index (χ1n) is 8.65. The minimum atomic E-state index is -4.18. The number of carbonyl (C=O) groups excluding carboxylic acids is 1. The molecule has 0 aliphatic carbocycles. The highest BCUT2D eigenvalue weighted by Crippen LogP contribution is 2.35. The average Bonchev–Trinajstić information content (AvgIpc) is 2.67. The van der Waals surface area contributed by atoms with E-state index in [-0.39, 0.29) is 10.6 Å². The van der Waals surface area contributed by atoms with Gasteiger partial charge in [0.25, 0.3) is 0 Å². The van der Waals surface area contributed by atoms with Gasteiger partial charge in [0.2, 0.25) is 5.91 Å². The van der Waals surface area contributed by atoms with Crippen LogP contribution < -0.4 is 15.2 Å². The Balaban J connectivity index is 1.83. The summed E-state index contributed by atoms with van der Waals surface area (Å²) in [6.07, 6.45) is 0.639. The van der Waals surface area contributed by atoms with Crippen LogP contribution in [0.5, 0.6) is 5.75 Å². The van der Waals surface area contributed by atoms with Crippen LogP contribution in [0.1, 0.15) is 17.2 Å². The number of hydrogen-bond acceptors (Lipinski definition) is 5. The molecular formula is C20H17ClN2O4S. The number of rotatable bonds is 4. The first kappa shape index (κ1) is 18.7. The molecule has 0 bridgehead atoms. The normalized spacial score (nSPS) is 16.5. The highest BCUT2D eigenvalue weighted by atomic mass is 35.5. The highest BCUT2D eigenvalue weighted by Gasteiger charge is 2.30. The number of carbonyl (C=O) groups is 1. The number of nitrogens with one attached hydrogen (secondary N) is 1. The van der Waals surface area contributed by atoms with E-state index < -0.39 is 22.1 Å². The number of fused-ring (bicyclic) bond motifs is 2. The third-order valence-corrected chi connectivity index (χ3v) is 6.39. The van der Waals surface area contributed by atoms with Crippen molar-refractivity contribution in [2.45, 2.75) is 17.4 Å². The van der Waals surface area contributed by atoms with Crippen molar-refractivity contribution >= 4 is 38.4 Å². The van der Waals surface area contributed by atoms with Crippen molar-refractivity contribution in [3.05, 3.63) is 70.7 Å². The van der Waals surface area contributed by atoms with Gasteiger partial charge in [0.1, 0.15) is 16.7 Å². The molecule has 1 aliphatic rings. The number of benzene rings is 3. The Morgan fingerprint density at radius 2 is 1.79 bits per heavy atom. The molecule has 1 aliphatic heterocycles. The van der Waals surface area contributed by atoms with E-state index in [9.17, 15) is 13.2 Å². The Kier molecular flexibility index (Phi) is 4.74. The van der Waals surface area contributed by atoms with E-state index in [0.29, 0.717) is 34.3 Å². The molecule has 28 heavy (non-hydrogen) atoms. The molecule has 0 saturated heterocycles. The molecule has 4 rings (SSSR count). The first-order chi connectivity index (χ1) is 13.4. The summed E-state index contributed by atoms with van der Waals surface area (Å²) in [6, 6.07) is 14.1. The van der Waals surface area contributed by atoms with Gasteiger partial charge in [-0.15, -0.1) is 0 Å². The molecule has 1 atom stereocenters. The van der Waals surface area contributed by atoms with Gasteiger partial charge in [0, 0.05) is 27.9 Å². The van der Waals surface area contributed by atoms with Crippen molar-refractivity contribution in [3.63, 3.8) is 0 Å². The number of amides is 1. The largest absolute Gasteiger partial charge is 0.379 e. The van der Waals surface area contributed by atoms with Crippen LogP contribution >= 0.6 is 11.6 Å². The highest BCUT2D eigenvalue weighted by molar-refractivity contribution is 7.87. The molecule has 0 fully saturated rings. The maximum Gasteiger partial charge on any atom is 0.339 e. The molecule has 0 saturated carbocycles. The van der Waals surface area contributed by atoms with E-state index in [0.717, 1.165) is 5.56 Å². The number of hydrogen-bond donors (Lipinski definition) is 2. The summed E-state index contributed by atoms with van der Waals surface area (Å²) in [7, 11) is -4.18. The Morgan fingerprint density at radius 1 is 1.07 bits per heavy atom. The molecule has 6 nitrogen and oxygen atoms in total. The van der Waals surface area contributed by atoms with E-state index >= 15 is 0 Å².